The standard InChI is InChI=1S/C20H30NO2/c1-2-3-4-5-6-7-8-12-15-20(23)21-19(17-22)16-18-13-10-9-11-14-18/h9-11,13-14,19H,2-8,12,15-16H2,1H3,(H,21,23). The fourth-order valence-electron chi connectivity index (χ4n) is 2.66. The van der Waals surface area contributed by atoms with Crippen molar-refractivity contribution in [3.8, 4) is 0 Å². The molecule has 1 N–H and O–H groups in total. The Bertz CT molecular complexity index is 431. The maximum atomic E-state index is 11.9. The van der Waals surface area contributed by atoms with Gasteiger partial charge in [-0.2, -0.15) is 0 Å². The molecule has 0 aliphatic heterocycles. The van der Waals surface area contributed by atoms with E-state index in [9.17, 15) is 9.59 Å². The Morgan fingerprint density at radius 2 is 1.61 bits per heavy atom. The van der Waals surface area contributed by atoms with Crippen LogP contribution in [0.5, 0.6) is 0 Å². The van der Waals surface area contributed by atoms with Gasteiger partial charge in [0.2, 0.25) is 12.2 Å². The largest absolute Gasteiger partial charge is 0.345 e. The number of carbonyl (C=O) groups excluding carboxylic acids is 2. The Kier molecular flexibility index (Phi) is 10.9. The van der Waals surface area contributed by atoms with Gasteiger partial charge in [-0.25, -0.2) is 0 Å². The fraction of sp³-hybridized carbons (Fsp3) is 0.600. The Hall–Kier alpha value is -1.64. The monoisotopic (exact) mass is 316 g/mol. The average Bonchev–Trinajstić information content (AvgIpc) is 2.57. The lowest BCUT2D eigenvalue weighted by molar-refractivity contribution is -0.121. The highest BCUT2D eigenvalue weighted by Gasteiger charge is 2.12. The van der Waals surface area contributed by atoms with Crippen LogP contribution in [0.3, 0.4) is 0 Å². The van der Waals surface area contributed by atoms with E-state index in [1.54, 1.807) is 0 Å². The van der Waals surface area contributed by atoms with Gasteiger partial charge in [-0.3, -0.25) is 9.59 Å². The van der Waals surface area contributed by atoms with Crippen LogP contribution in [0.25, 0.3) is 0 Å². The topological polar surface area (TPSA) is 46.2 Å². The molecule has 23 heavy (non-hydrogen) atoms. The summed E-state index contributed by atoms with van der Waals surface area (Å²) in [5.74, 6) is -0.0414. The quantitative estimate of drug-likeness (QED) is 0.550. The second-order valence-corrected chi connectivity index (χ2v) is 6.15. The molecule has 3 nitrogen and oxygen atoms in total. The van der Waals surface area contributed by atoms with Gasteiger partial charge in [-0.15, -0.1) is 0 Å². The van der Waals surface area contributed by atoms with Crippen LogP contribution in [-0.2, 0) is 16.0 Å². The van der Waals surface area contributed by atoms with E-state index in [0.717, 1.165) is 18.4 Å². The van der Waals surface area contributed by atoms with Gasteiger partial charge in [0.05, 0.1) is 6.04 Å². The van der Waals surface area contributed by atoms with E-state index in [4.69, 9.17) is 0 Å². The highest BCUT2D eigenvalue weighted by atomic mass is 16.2. The maximum absolute atomic E-state index is 11.9. The molecule has 0 fully saturated rings. The van der Waals surface area contributed by atoms with E-state index in [2.05, 4.69) is 12.2 Å². The molecule has 1 unspecified atom stereocenters. The van der Waals surface area contributed by atoms with Crippen molar-refractivity contribution < 1.29 is 9.59 Å². The second-order valence-electron chi connectivity index (χ2n) is 6.15. The van der Waals surface area contributed by atoms with Crippen LogP contribution in [0.2, 0.25) is 0 Å². The lowest BCUT2D eigenvalue weighted by atomic mass is 10.1. The van der Waals surface area contributed by atoms with Crippen LogP contribution in [-0.4, -0.2) is 18.2 Å². The van der Waals surface area contributed by atoms with Crippen LogP contribution in [0.15, 0.2) is 30.3 Å². The molecule has 127 valence electrons. The third-order valence-corrected chi connectivity index (χ3v) is 4.02. The predicted molar refractivity (Wildman–Crippen MR) is 95.0 cm³/mol. The van der Waals surface area contributed by atoms with Crippen molar-refractivity contribution in [2.45, 2.75) is 77.2 Å². The number of hydrogen-bond acceptors (Lipinski definition) is 2. The maximum Gasteiger partial charge on any atom is 0.223 e. The molecule has 0 heterocycles. The van der Waals surface area contributed by atoms with Gasteiger partial charge in [-0.1, -0.05) is 82.2 Å². The summed E-state index contributed by atoms with van der Waals surface area (Å²) in [5.41, 5.74) is 1.04. The first-order chi connectivity index (χ1) is 11.3. The number of unbranched alkanes of at least 4 members (excludes halogenated alkanes) is 7. The van der Waals surface area contributed by atoms with E-state index < -0.39 is 6.04 Å². The second kappa shape index (κ2) is 12.9. The lowest BCUT2D eigenvalue weighted by Crippen LogP contribution is -2.37. The van der Waals surface area contributed by atoms with Gasteiger partial charge in [-0.05, 0) is 12.0 Å². The third-order valence-electron chi connectivity index (χ3n) is 4.02. The van der Waals surface area contributed by atoms with E-state index in [1.807, 2.05) is 36.6 Å². The molecule has 0 spiro atoms. The Morgan fingerprint density at radius 3 is 2.22 bits per heavy atom. The van der Waals surface area contributed by atoms with Crippen LogP contribution >= 0.6 is 0 Å². The Morgan fingerprint density at radius 1 is 1.00 bits per heavy atom. The molecule has 1 amide bonds. The van der Waals surface area contributed by atoms with Gasteiger partial charge in [0.15, 0.2) is 0 Å². The molecular formula is C20H30NO2. The van der Waals surface area contributed by atoms with Crippen LogP contribution in [0.1, 0.15) is 70.3 Å². The summed E-state index contributed by atoms with van der Waals surface area (Å²) in [5, 5.41) is 2.77. The molecule has 1 aromatic rings. The van der Waals surface area contributed by atoms with Crippen molar-refractivity contribution in [2.75, 3.05) is 0 Å². The highest BCUT2D eigenvalue weighted by Crippen LogP contribution is 2.09. The van der Waals surface area contributed by atoms with Crippen molar-refractivity contribution in [1.29, 1.82) is 0 Å². The van der Waals surface area contributed by atoms with Crippen LogP contribution < -0.4 is 5.32 Å². The number of benzene rings is 1. The zero-order valence-electron chi connectivity index (χ0n) is 14.4. The fourth-order valence-corrected chi connectivity index (χ4v) is 2.66. The van der Waals surface area contributed by atoms with Crippen LogP contribution in [0.4, 0.5) is 0 Å². The van der Waals surface area contributed by atoms with Crippen molar-refractivity contribution >= 4 is 12.2 Å². The van der Waals surface area contributed by atoms with Gasteiger partial charge in [0.1, 0.15) is 0 Å². The smallest absolute Gasteiger partial charge is 0.223 e. The van der Waals surface area contributed by atoms with Crippen molar-refractivity contribution in [1.82, 2.24) is 5.32 Å². The van der Waals surface area contributed by atoms with E-state index in [0.29, 0.717) is 12.8 Å². The molecule has 0 saturated carbocycles. The van der Waals surface area contributed by atoms with Gasteiger partial charge < -0.3 is 5.32 Å². The predicted octanol–water partition coefficient (Wildman–Crippen LogP) is 4.35. The number of rotatable bonds is 13. The summed E-state index contributed by atoms with van der Waals surface area (Å²) in [6, 6.07) is 9.16. The van der Waals surface area contributed by atoms with Crippen molar-refractivity contribution in [2.24, 2.45) is 0 Å². The zero-order valence-corrected chi connectivity index (χ0v) is 14.4. The Balaban J connectivity index is 2.11. The molecule has 0 aromatic heterocycles. The first-order valence-electron chi connectivity index (χ1n) is 8.97. The minimum absolute atomic E-state index is 0.0414. The molecule has 3 heteroatoms. The normalized spacial score (nSPS) is 11.9. The van der Waals surface area contributed by atoms with E-state index >= 15 is 0 Å². The lowest BCUT2D eigenvalue weighted by Gasteiger charge is -2.12. The Labute approximate surface area is 140 Å². The molecule has 0 bridgehead atoms. The summed E-state index contributed by atoms with van der Waals surface area (Å²) in [6.07, 6.45) is 12.6. The molecule has 1 aromatic carbocycles. The number of carbonyl (C=O) groups is 1. The van der Waals surface area contributed by atoms with E-state index in [-0.39, 0.29) is 5.91 Å². The summed E-state index contributed by atoms with van der Waals surface area (Å²) < 4.78 is 0. The first-order valence-corrected chi connectivity index (χ1v) is 8.97. The summed E-state index contributed by atoms with van der Waals surface area (Å²) in [6.45, 7) is 2.22. The average molecular weight is 316 g/mol. The van der Waals surface area contributed by atoms with Crippen LogP contribution in [0, 0.1) is 0 Å². The minimum Gasteiger partial charge on any atom is -0.345 e. The molecule has 0 saturated heterocycles. The van der Waals surface area contributed by atoms with Crippen molar-refractivity contribution in [3.05, 3.63) is 35.9 Å². The molecule has 1 rings (SSSR count). The molecular weight excluding hydrogens is 286 g/mol. The van der Waals surface area contributed by atoms with E-state index in [1.165, 1.54) is 38.5 Å². The number of amides is 1. The number of hydrogen-bond donors (Lipinski definition) is 1. The van der Waals surface area contributed by atoms with Gasteiger partial charge >= 0.3 is 0 Å². The molecule has 1 atom stereocenters. The summed E-state index contributed by atoms with van der Waals surface area (Å²) >= 11 is 0. The summed E-state index contributed by atoms with van der Waals surface area (Å²) in [4.78, 5) is 22.9. The molecule has 0 aliphatic rings. The third kappa shape index (κ3) is 9.88. The van der Waals surface area contributed by atoms with Gasteiger partial charge in [0.25, 0.3) is 0 Å². The van der Waals surface area contributed by atoms with Crippen molar-refractivity contribution in [3.63, 3.8) is 0 Å². The molecule has 0 aliphatic carbocycles. The number of nitrogens with one attached hydrogen (secondary N) is 1. The SMILES string of the molecule is CCCCCCCCCCC(=O)NC([C]=O)Cc1ccccc1. The summed E-state index contributed by atoms with van der Waals surface area (Å²) in [7, 11) is 0. The zero-order chi connectivity index (χ0) is 16.8. The van der Waals surface area contributed by atoms with Gasteiger partial charge in [0, 0.05) is 12.8 Å². The highest BCUT2D eigenvalue weighted by molar-refractivity contribution is 5.79. The first kappa shape index (κ1) is 19.4. The molecule has 1 radical (unpaired) electrons. The minimum atomic E-state index is -0.543.